The number of halogens is 8. The van der Waals surface area contributed by atoms with Gasteiger partial charge in [0.15, 0.2) is 0 Å². The molecule has 15 aromatic rings. The number of benzene rings is 15. The molecule has 0 amide bonds. The molecule has 132 heavy (non-hydrogen) atoms. The molecule has 0 unspecified atom stereocenters. The van der Waals surface area contributed by atoms with Crippen molar-refractivity contribution in [3.8, 4) is 80.5 Å². The predicted molar refractivity (Wildman–Crippen MR) is 539 cm³/mol. The maximum absolute atomic E-state index is 12.8. The van der Waals surface area contributed by atoms with Crippen molar-refractivity contribution < 1.29 is 75.8 Å². The van der Waals surface area contributed by atoms with Gasteiger partial charge < -0.3 is 71.1 Å². The Morgan fingerprint density at radius 3 is 0.386 bits per heavy atom. The van der Waals surface area contributed by atoms with Gasteiger partial charge in [0, 0.05) is 84.3 Å². The highest BCUT2D eigenvalue weighted by Gasteiger charge is 2.18. The van der Waals surface area contributed by atoms with Gasteiger partial charge in [-0.15, -0.1) is 0 Å². The van der Waals surface area contributed by atoms with Crippen molar-refractivity contribution in [3.05, 3.63) is 453 Å². The lowest BCUT2D eigenvalue weighted by Gasteiger charge is -2.17. The van der Waals surface area contributed by atoms with Crippen LogP contribution in [0.15, 0.2) is 370 Å². The number of ether oxygens (including phenoxy) is 15. The Morgan fingerprint density at radius 1 is 0.167 bits per heavy atom. The summed E-state index contributed by atoms with van der Waals surface area (Å²) in [4.78, 5) is 12.8. The monoisotopic (exact) mass is 2270 g/mol. The highest BCUT2D eigenvalue weighted by molar-refractivity contribution is 9.11. The van der Waals surface area contributed by atoms with Gasteiger partial charge in [-0.2, -0.15) is 0 Å². The van der Waals surface area contributed by atoms with E-state index in [1.165, 1.54) is 0 Å². The third kappa shape index (κ3) is 31.1. The minimum absolute atomic E-state index is 0.00187. The van der Waals surface area contributed by atoms with E-state index in [1.54, 1.807) is 18.2 Å². The van der Waals surface area contributed by atoms with Crippen LogP contribution in [-0.4, -0.2) is 5.97 Å². The van der Waals surface area contributed by atoms with E-state index >= 15 is 0 Å². The van der Waals surface area contributed by atoms with Gasteiger partial charge in [-0.05, 0) is 265 Å². The summed E-state index contributed by atoms with van der Waals surface area (Å²) >= 11 is 28.5. The van der Waals surface area contributed by atoms with Gasteiger partial charge in [-0.3, -0.25) is 0 Å². The van der Waals surface area contributed by atoms with E-state index < -0.39 is 5.97 Å². The van der Waals surface area contributed by atoms with Crippen LogP contribution in [0.2, 0.25) is 0 Å². The summed E-state index contributed by atoms with van der Waals surface area (Å²) in [5.74, 6) is 6.81. The summed E-state index contributed by atoms with van der Waals surface area (Å²) < 4.78 is 106. The van der Waals surface area contributed by atoms with Crippen molar-refractivity contribution in [1.29, 1.82) is 0 Å². The van der Waals surface area contributed by atoms with Gasteiger partial charge in [0.05, 0.1) is 0 Å². The number of carbonyl (C=O) groups excluding carboxylic acids is 1. The minimum atomic E-state index is -0.611. The lowest BCUT2D eigenvalue weighted by molar-refractivity contribution is -0.139. The molecule has 0 radical (unpaired) electrons. The average Bonchev–Trinajstić information content (AvgIpc) is 0.842. The lowest BCUT2D eigenvalue weighted by Crippen LogP contribution is -2.05. The third-order valence-corrected chi connectivity index (χ3v) is 24.3. The van der Waals surface area contributed by atoms with Crippen LogP contribution in [0.3, 0.4) is 0 Å². The Kier molecular flexibility index (Phi) is 34.8. The van der Waals surface area contributed by atoms with Gasteiger partial charge >= 0.3 is 5.97 Å². The van der Waals surface area contributed by atoms with Crippen LogP contribution in [-0.2, 0) is 109 Å². The average molecular weight is 2280 g/mol. The predicted octanol–water partition coefficient (Wildman–Crippen LogP) is 30.1. The molecular formula is C108H86Br8O16. The molecule has 0 heterocycles. The summed E-state index contributed by atoms with van der Waals surface area (Å²) in [6.07, 6.45) is 1.12. The molecule has 0 aliphatic heterocycles. The van der Waals surface area contributed by atoms with Crippen LogP contribution >= 0.6 is 127 Å². The molecule has 16 nitrogen and oxygen atoms in total. The van der Waals surface area contributed by atoms with Crippen molar-refractivity contribution in [2.45, 2.75) is 99.1 Å². The van der Waals surface area contributed by atoms with Crippen LogP contribution in [0.5, 0.6) is 80.5 Å². The molecule has 670 valence electrons. The second-order valence-electron chi connectivity index (χ2n) is 30.6. The van der Waals surface area contributed by atoms with E-state index in [0.717, 1.165) is 109 Å². The first-order chi connectivity index (χ1) is 64.3. The molecule has 0 N–H and O–H groups in total. The van der Waals surface area contributed by atoms with E-state index in [0.29, 0.717) is 150 Å². The fraction of sp³-hybridized carbons (Fsp3) is 0.139. The number of esters is 1. The van der Waals surface area contributed by atoms with Crippen molar-refractivity contribution in [1.82, 2.24) is 0 Å². The molecule has 0 fully saturated rings. The maximum Gasteiger partial charge on any atom is 0.330 e. The molecule has 15 aromatic carbocycles. The first-order valence-corrected chi connectivity index (χ1v) is 48.1. The Labute approximate surface area is 834 Å². The van der Waals surface area contributed by atoms with E-state index in [2.05, 4.69) is 134 Å². The van der Waals surface area contributed by atoms with Gasteiger partial charge in [-0.1, -0.05) is 231 Å². The van der Waals surface area contributed by atoms with Crippen LogP contribution in [0, 0.1) is 0 Å². The normalized spacial score (nSPS) is 10.9. The minimum Gasteiger partial charge on any atom is -0.489 e. The van der Waals surface area contributed by atoms with Crippen LogP contribution in [0.25, 0.3) is 0 Å². The standard InChI is InChI=1S/C108H86Br8O16/c1-2-108(117)132-70-85-47-106(130-68-83-43-102(126-64-79-35-94(118-56-71-3-19-86(109)20-4-71)49-95(36-79)119-57-72-5-21-87(110)22-6-72)53-103(44-83)127-65-80-37-96(120-58-73-7-23-88(111)24-8-73)50-97(38-80)121-59-74-9-25-89(112)26-10-74)55-107(48-85)131-69-84-45-104(128-66-81-39-98(122-60-75-11-27-90(113)28-12-75)51-99(40-81)123-61-76-13-29-91(114)30-14-76)54-105(46-84)129-67-82-41-100(124-62-77-15-31-92(115)32-16-77)52-101(42-82)125-63-78-17-33-93(116)34-18-78/h2-55H,1,56-70H2. The Hall–Kier alpha value is -11.5. The Bertz CT molecular complexity index is 5370. The van der Waals surface area contributed by atoms with Gasteiger partial charge in [0.1, 0.15) is 180 Å². The van der Waals surface area contributed by atoms with E-state index in [4.69, 9.17) is 71.1 Å². The summed E-state index contributed by atoms with van der Waals surface area (Å²) in [5.41, 5.74) is 13.0. The van der Waals surface area contributed by atoms with Crippen molar-refractivity contribution in [2.24, 2.45) is 0 Å². The number of hydrogen-bond donors (Lipinski definition) is 0. The van der Waals surface area contributed by atoms with Gasteiger partial charge in [0.25, 0.3) is 0 Å². The van der Waals surface area contributed by atoms with Crippen LogP contribution < -0.4 is 66.3 Å². The molecular weight excluding hydrogens is 2190 g/mol. The molecule has 0 saturated heterocycles. The van der Waals surface area contributed by atoms with E-state index in [9.17, 15) is 4.79 Å². The zero-order valence-electron chi connectivity index (χ0n) is 71.0. The van der Waals surface area contributed by atoms with Crippen molar-refractivity contribution in [3.63, 3.8) is 0 Å². The third-order valence-electron chi connectivity index (χ3n) is 20.1. The number of rotatable bonds is 45. The molecule has 24 heteroatoms. The Balaban J connectivity index is 0.727. The molecule has 0 aliphatic rings. The van der Waals surface area contributed by atoms with Gasteiger partial charge in [-0.25, -0.2) is 4.79 Å². The molecule has 0 bridgehead atoms. The van der Waals surface area contributed by atoms with Crippen molar-refractivity contribution >= 4 is 133 Å². The number of carbonyl (C=O) groups is 1. The lowest BCUT2D eigenvalue weighted by atomic mass is 10.1. The molecule has 0 aliphatic carbocycles. The zero-order chi connectivity index (χ0) is 91.3. The van der Waals surface area contributed by atoms with Crippen LogP contribution in [0.1, 0.15) is 83.5 Å². The van der Waals surface area contributed by atoms with Crippen molar-refractivity contribution in [2.75, 3.05) is 0 Å². The summed E-state index contributed by atoms with van der Waals surface area (Å²) in [6, 6.07) is 104. The SMILES string of the molecule is C=CC(=O)OCc1cc(OCc2cc(OCc3cc(OCc4ccc(Br)cc4)cc(OCc4ccc(Br)cc4)c3)cc(OCc3cc(OCc4ccc(Br)cc4)cc(OCc4ccc(Br)cc4)c3)c2)cc(OCc2cc(OCc3cc(OCc4ccc(Br)cc4)cc(OCc4ccc(Br)cc4)c3)cc(OCc3cc(OCc4ccc(Br)cc4)cc(OCc4ccc(Br)cc4)c3)c2)c1. The molecule has 0 spiro atoms. The summed E-state index contributed by atoms with van der Waals surface area (Å²) in [6.45, 7) is 6.45. The summed E-state index contributed by atoms with van der Waals surface area (Å²) in [7, 11) is 0. The van der Waals surface area contributed by atoms with E-state index in [1.807, 2.05) is 303 Å². The fourth-order valence-electron chi connectivity index (χ4n) is 13.4. The first-order valence-electron chi connectivity index (χ1n) is 41.8. The number of hydrogen-bond acceptors (Lipinski definition) is 16. The highest BCUT2D eigenvalue weighted by Crippen LogP contribution is 2.37. The highest BCUT2D eigenvalue weighted by atomic mass is 79.9. The zero-order valence-corrected chi connectivity index (χ0v) is 83.7. The topological polar surface area (TPSA) is 156 Å². The molecule has 15 rings (SSSR count). The maximum atomic E-state index is 12.8. The first kappa shape index (κ1) is 95.2. The summed E-state index contributed by atoms with van der Waals surface area (Å²) in [5, 5.41) is 0. The fourth-order valence-corrected chi connectivity index (χ4v) is 15.5. The van der Waals surface area contributed by atoms with Gasteiger partial charge in [0.2, 0.25) is 0 Å². The molecule has 0 saturated carbocycles. The Morgan fingerprint density at radius 2 is 0.273 bits per heavy atom. The second-order valence-corrected chi connectivity index (χ2v) is 37.9. The smallest absolute Gasteiger partial charge is 0.330 e. The van der Waals surface area contributed by atoms with E-state index in [-0.39, 0.29) is 46.2 Å². The molecule has 0 atom stereocenters. The van der Waals surface area contributed by atoms with Crippen LogP contribution in [0.4, 0.5) is 0 Å². The molecule has 0 aromatic heterocycles. The largest absolute Gasteiger partial charge is 0.489 e. The quantitative estimate of drug-likeness (QED) is 0.0262. The second kappa shape index (κ2) is 48.3.